The van der Waals surface area contributed by atoms with Gasteiger partial charge in [-0.2, -0.15) is 5.26 Å². The number of nitriles is 1. The van der Waals surface area contributed by atoms with Crippen molar-refractivity contribution < 1.29 is 42.9 Å². The molecule has 2 unspecified atom stereocenters. The molecule has 59 heavy (non-hydrogen) atoms. The number of nitrogens with zero attached hydrogens (tertiary/aromatic N) is 2. The van der Waals surface area contributed by atoms with Crippen LogP contribution in [0.4, 0.5) is 0 Å². The van der Waals surface area contributed by atoms with Crippen LogP contribution < -0.4 is 10.4 Å². The number of aliphatic hydroxyl groups excluding tert-OH is 1. The Labute approximate surface area is 340 Å². The predicted octanol–water partition coefficient (Wildman–Crippen LogP) is 7.51. The molecule has 8 atom stereocenters. The smallest absolute Gasteiger partial charge is 0.345 e. The second kappa shape index (κ2) is 15.3. The second-order valence-corrected chi connectivity index (χ2v) is 16.2. The van der Waals surface area contributed by atoms with Gasteiger partial charge in [0, 0.05) is 35.4 Å². The van der Waals surface area contributed by atoms with E-state index in [1.54, 1.807) is 92.0 Å². The molecule has 12 nitrogen and oxygen atoms in total. The van der Waals surface area contributed by atoms with E-state index in [4.69, 9.17) is 23.4 Å². The Morgan fingerprint density at radius 1 is 0.847 bits per heavy atom. The molecule has 0 bridgehead atoms. The van der Waals surface area contributed by atoms with Gasteiger partial charge in [-0.25, -0.2) is 19.2 Å². The highest BCUT2D eigenvalue weighted by Gasteiger charge is 2.71. The van der Waals surface area contributed by atoms with Gasteiger partial charge in [-0.05, 0) is 98.2 Å². The topological polar surface area (TPSA) is 175 Å². The van der Waals surface area contributed by atoms with E-state index in [1.165, 1.54) is 30.5 Å². The first-order chi connectivity index (χ1) is 28.4. The summed E-state index contributed by atoms with van der Waals surface area (Å²) in [5.74, 6) is -3.04. The molecule has 0 spiro atoms. The van der Waals surface area contributed by atoms with Crippen LogP contribution in [0.15, 0.2) is 125 Å². The van der Waals surface area contributed by atoms with Crippen LogP contribution in [0.2, 0.25) is 0 Å². The fourth-order valence-corrected chi connectivity index (χ4v) is 9.91. The van der Waals surface area contributed by atoms with Crippen molar-refractivity contribution in [1.29, 1.82) is 5.26 Å². The van der Waals surface area contributed by atoms with Crippen LogP contribution in [0.3, 0.4) is 0 Å². The molecule has 1 N–H and O–H groups in total. The van der Waals surface area contributed by atoms with Crippen molar-refractivity contribution in [2.75, 3.05) is 6.61 Å². The lowest BCUT2D eigenvalue weighted by Crippen LogP contribution is -2.71. The molecule has 3 aromatic carbocycles. The van der Waals surface area contributed by atoms with Gasteiger partial charge in [0.1, 0.15) is 41.5 Å². The van der Waals surface area contributed by atoms with E-state index >= 15 is 0 Å². The third kappa shape index (κ3) is 6.95. The van der Waals surface area contributed by atoms with Gasteiger partial charge in [-0.15, -0.1) is 0 Å². The fraction of sp³-hybridized carbons (Fsp3) is 0.319. The summed E-state index contributed by atoms with van der Waals surface area (Å²) in [5.41, 5.74) is -2.59. The molecule has 8 rings (SSSR count). The number of carbonyl (C=O) groups is 3. The zero-order valence-corrected chi connectivity index (χ0v) is 32.7. The van der Waals surface area contributed by atoms with Gasteiger partial charge in [0.2, 0.25) is 0 Å². The molecule has 2 aliphatic carbocycles. The summed E-state index contributed by atoms with van der Waals surface area (Å²) in [7, 11) is 0. The molecule has 12 heteroatoms. The summed E-state index contributed by atoms with van der Waals surface area (Å²) in [6, 6.07) is 30.2. The number of ether oxygens (including phenoxy) is 4. The van der Waals surface area contributed by atoms with Crippen LogP contribution in [-0.4, -0.2) is 52.4 Å². The molecule has 3 heterocycles. The monoisotopic (exact) mass is 794 g/mol. The lowest BCUT2D eigenvalue weighted by atomic mass is 9.42. The molecule has 0 saturated heterocycles. The number of benzene rings is 3. The highest BCUT2D eigenvalue weighted by Crippen LogP contribution is 2.67. The Hall–Kier alpha value is -6.58. The highest BCUT2D eigenvalue weighted by molar-refractivity contribution is 5.90. The highest BCUT2D eigenvalue weighted by atomic mass is 16.6. The summed E-state index contributed by atoms with van der Waals surface area (Å²) in [5, 5.41) is 22.0. The molecule has 300 valence electrons. The van der Waals surface area contributed by atoms with Crippen molar-refractivity contribution in [3.63, 3.8) is 0 Å². The summed E-state index contributed by atoms with van der Waals surface area (Å²) < 4.78 is 31.5. The normalized spacial score (nSPS) is 27.9. The Morgan fingerprint density at radius 2 is 1.47 bits per heavy atom. The minimum Gasteiger partial charge on any atom is -0.482 e. The van der Waals surface area contributed by atoms with Crippen LogP contribution >= 0.6 is 0 Å². The van der Waals surface area contributed by atoms with E-state index in [1.807, 2.05) is 19.9 Å². The molecule has 2 fully saturated rings. The Morgan fingerprint density at radius 3 is 2.10 bits per heavy atom. The SMILES string of the molecule is C[C@]12CC[C@H](OC(=O)c3ccccc3)[C@@](C)(COC(=O)c3ccccc3)C1C[C@H](OC(=O)c1ccc(C#N)cc1)[C@@]1(C)Oc3cc(-c4cccnc4)oc(=O)c3[C@H](O)C21. The van der Waals surface area contributed by atoms with Crippen molar-refractivity contribution in [2.45, 2.75) is 63.9 Å². The van der Waals surface area contributed by atoms with E-state index in [0.717, 1.165) is 0 Å². The van der Waals surface area contributed by atoms with Crippen molar-refractivity contribution in [2.24, 2.45) is 22.7 Å². The first kappa shape index (κ1) is 39.3. The van der Waals surface area contributed by atoms with Gasteiger partial charge in [-0.3, -0.25) is 4.98 Å². The molecular weight excluding hydrogens is 753 g/mol. The first-order valence-electron chi connectivity index (χ1n) is 19.5. The van der Waals surface area contributed by atoms with E-state index < -0.39 is 70.1 Å². The average molecular weight is 795 g/mol. The molecule has 0 amide bonds. The zero-order chi connectivity index (χ0) is 41.5. The van der Waals surface area contributed by atoms with Crippen LogP contribution in [0.1, 0.15) is 88.3 Å². The van der Waals surface area contributed by atoms with Crippen LogP contribution in [0.25, 0.3) is 11.3 Å². The van der Waals surface area contributed by atoms with Gasteiger partial charge >= 0.3 is 23.5 Å². The van der Waals surface area contributed by atoms with Crippen molar-refractivity contribution >= 4 is 17.9 Å². The lowest BCUT2D eigenvalue weighted by Gasteiger charge is -2.66. The fourth-order valence-electron chi connectivity index (χ4n) is 9.91. The molecular formula is C47H42N2O10. The Balaban J connectivity index is 1.24. The molecule has 2 saturated carbocycles. The number of aromatic nitrogens is 1. The Bertz CT molecular complexity index is 2490. The second-order valence-electron chi connectivity index (χ2n) is 16.2. The number of rotatable bonds is 8. The molecule has 2 aromatic heterocycles. The number of aliphatic hydroxyl groups is 1. The first-order valence-corrected chi connectivity index (χ1v) is 19.5. The van der Waals surface area contributed by atoms with Gasteiger partial charge in [-0.1, -0.05) is 50.2 Å². The van der Waals surface area contributed by atoms with E-state index in [9.17, 15) is 29.5 Å². The van der Waals surface area contributed by atoms with Crippen molar-refractivity contribution in [3.05, 3.63) is 154 Å². The lowest BCUT2D eigenvalue weighted by molar-refractivity contribution is -0.263. The predicted molar refractivity (Wildman–Crippen MR) is 212 cm³/mol. The summed E-state index contributed by atoms with van der Waals surface area (Å²) >= 11 is 0. The summed E-state index contributed by atoms with van der Waals surface area (Å²) in [4.78, 5) is 59.4. The number of fused-ring (bicyclic) bond motifs is 4. The van der Waals surface area contributed by atoms with Gasteiger partial charge < -0.3 is 28.5 Å². The molecule has 0 radical (unpaired) electrons. The van der Waals surface area contributed by atoms with Crippen LogP contribution in [0, 0.1) is 34.0 Å². The Kier molecular flexibility index (Phi) is 10.2. The maximum absolute atomic E-state index is 14.1. The minimum atomic E-state index is -1.47. The average Bonchev–Trinajstić information content (AvgIpc) is 3.25. The third-order valence-electron chi connectivity index (χ3n) is 12.8. The largest absolute Gasteiger partial charge is 0.482 e. The summed E-state index contributed by atoms with van der Waals surface area (Å²) in [6.07, 6.45) is 0.618. The number of hydrogen-bond donors (Lipinski definition) is 1. The van der Waals surface area contributed by atoms with Crippen LogP contribution in [-0.2, 0) is 14.2 Å². The minimum absolute atomic E-state index is 0.0750. The molecule has 5 aromatic rings. The number of hydrogen-bond acceptors (Lipinski definition) is 12. The zero-order valence-electron chi connectivity index (χ0n) is 32.7. The maximum atomic E-state index is 14.1. The van der Waals surface area contributed by atoms with Crippen LogP contribution in [0.5, 0.6) is 5.75 Å². The summed E-state index contributed by atoms with van der Waals surface area (Å²) in [6.45, 7) is 5.46. The van der Waals surface area contributed by atoms with Gasteiger partial charge in [0.15, 0.2) is 0 Å². The molecule has 1 aliphatic heterocycles. The van der Waals surface area contributed by atoms with Gasteiger partial charge in [0.05, 0.1) is 34.4 Å². The number of carbonyl (C=O) groups excluding carboxylic acids is 3. The van der Waals surface area contributed by atoms with E-state index in [0.29, 0.717) is 35.1 Å². The van der Waals surface area contributed by atoms with Gasteiger partial charge in [0.25, 0.3) is 0 Å². The van der Waals surface area contributed by atoms with E-state index in [2.05, 4.69) is 4.98 Å². The standard InChI is InChI=1S/C47H42N2O10/c1-45-21-20-36(57-42(52)30-13-8-5-9-14-30)46(2,27-55-41(51)29-11-6-4-7-12-29)35(45)24-37(58-43(53)31-18-16-28(25-48)17-19-31)47(3)40(45)39(50)38-34(59-47)23-33(56-44(38)54)32-15-10-22-49-26-32/h4-19,22-23,26,35-37,39-40,50H,20-21,24,27H2,1-3H3/t35?,36-,37-,39-,40?,45-,46-,47+/m0/s1. The van der Waals surface area contributed by atoms with Crippen molar-refractivity contribution in [1.82, 2.24) is 4.98 Å². The molecule has 3 aliphatic rings. The quantitative estimate of drug-likeness (QED) is 0.121. The number of esters is 3. The third-order valence-corrected chi connectivity index (χ3v) is 12.8. The van der Waals surface area contributed by atoms with E-state index in [-0.39, 0.29) is 35.7 Å². The maximum Gasteiger partial charge on any atom is 0.345 e. The number of pyridine rings is 1. The van der Waals surface area contributed by atoms with Crippen molar-refractivity contribution in [3.8, 4) is 23.1 Å².